The number of amides is 3. The molecule has 33 heavy (non-hydrogen) atoms. The second kappa shape index (κ2) is 9.82. The molecule has 2 unspecified atom stereocenters. The summed E-state index contributed by atoms with van der Waals surface area (Å²) in [4.78, 5) is 47.1. The highest BCUT2D eigenvalue weighted by Crippen LogP contribution is 2.61. The van der Waals surface area contributed by atoms with Gasteiger partial charge in [-0.25, -0.2) is 0 Å². The lowest BCUT2D eigenvalue weighted by Gasteiger charge is -2.37. The zero-order valence-electron chi connectivity index (χ0n) is 20.0. The lowest BCUT2D eigenvalue weighted by molar-refractivity contribution is -0.145. The molecule has 3 amide bonds. The maximum Gasteiger partial charge on any atom is 0.247 e. The van der Waals surface area contributed by atoms with Crippen molar-refractivity contribution in [3.63, 3.8) is 0 Å². The van der Waals surface area contributed by atoms with Gasteiger partial charge in [-0.1, -0.05) is 44.6 Å². The topological polar surface area (TPSA) is 81.2 Å². The molecule has 0 aromatic carbocycles. The lowest BCUT2D eigenvalue weighted by atomic mass is 9.78. The number of carbonyl (C=O) groups excluding carboxylic acids is 3. The van der Waals surface area contributed by atoms with Gasteiger partial charge in [-0.15, -0.1) is 11.8 Å². The number of hydrogen-bond donors (Lipinski definition) is 1. The van der Waals surface area contributed by atoms with E-state index in [-0.39, 0.29) is 35.6 Å². The van der Waals surface area contributed by atoms with Gasteiger partial charge in [-0.2, -0.15) is 0 Å². The molecule has 0 aromatic heterocycles. The summed E-state index contributed by atoms with van der Waals surface area (Å²) < 4.78 is -0.755. The van der Waals surface area contributed by atoms with E-state index < -0.39 is 22.6 Å². The largest absolute Gasteiger partial charge is 0.396 e. The number of hydrogen-bond acceptors (Lipinski definition) is 5. The first-order chi connectivity index (χ1) is 15.9. The Morgan fingerprint density at radius 1 is 1.09 bits per heavy atom. The standard InChI is InChI=1S/C25H37N3O4S/c1-4-9-17(3)27-14-7-11-25-20(23(31)28(15-8-16-29)21(25)24(27)32)19-18(33-25)10-6-13-26(12-5-2)22(19)30/h6-7,10-11,17-21,29H,4-5,8-9,12-16H2,1-3H3/t17?,18-,19+,20+,21?,25+/m1/s1. The van der Waals surface area contributed by atoms with Gasteiger partial charge in [0.05, 0.1) is 16.6 Å². The molecule has 2 saturated heterocycles. The predicted octanol–water partition coefficient (Wildman–Crippen LogP) is 2.06. The van der Waals surface area contributed by atoms with Crippen molar-refractivity contribution in [3.8, 4) is 0 Å². The fourth-order valence-electron chi connectivity index (χ4n) is 6.13. The van der Waals surface area contributed by atoms with E-state index >= 15 is 0 Å². The molecule has 4 rings (SSSR count). The summed E-state index contributed by atoms with van der Waals surface area (Å²) in [6, 6.07) is -0.563. The van der Waals surface area contributed by atoms with Crippen LogP contribution in [0.4, 0.5) is 0 Å². The molecular formula is C25H37N3O4S. The Morgan fingerprint density at radius 3 is 2.58 bits per heavy atom. The minimum atomic E-state index is -0.755. The summed E-state index contributed by atoms with van der Waals surface area (Å²) in [7, 11) is 0. The van der Waals surface area contributed by atoms with Crippen LogP contribution in [0.1, 0.15) is 46.5 Å². The SMILES string of the molecule is CCCC(C)N1CC=C[C@]23S[C@@H]4C=CCN(CCC)C(=O)[C@@H]4[C@H]2C(=O)N(CCCO)C3C1=O. The molecule has 182 valence electrons. The average Bonchev–Trinajstić information content (AvgIpc) is 3.10. The zero-order chi connectivity index (χ0) is 23.8. The molecule has 4 heterocycles. The first kappa shape index (κ1) is 24.3. The third kappa shape index (κ3) is 3.93. The molecule has 0 bridgehead atoms. The van der Waals surface area contributed by atoms with E-state index in [0.29, 0.717) is 32.6 Å². The van der Waals surface area contributed by atoms with Crippen molar-refractivity contribution in [2.24, 2.45) is 11.8 Å². The minimum absolute atomic E-state index is 0.0265. The second-order valence-corrected chi connectivity index (χ2v) is 11.2. The molecular weight excluding hydrogens is 438 g/mol. The van der Waals surface area contributed by atoms with E-state index in [0.717, 1.165) is 19.3 Å². The van der Waals surface area contributed by atoms with E-state index in [1.807, 2.05) is 22.0 Å². The van der Waals surface area contributed by atoms with Crippen LogP contribution in [0.25, 0.3) is 0 Å². The van der Waals surface area contributed by atoms with Gasteiger partial charge in [0, 0.05) is 44.1 Å². The molecule has 8 heteroatoms. The van der Waals surface area contributed by atoms with Crippen LogP contribution in [-0.2, 0) is 14.4 Å². The van der Waals surface area contributed by atoms with Crippen molar-refractivity contribution in [2.75, 3.05) is 32.8 Å². The summed E-state index contributed by atoms with van der Waals surface area (Å²) >= 11 is 1.63. The Morgan fingerprint density at radius 2 is 1.88 bits per heavy atom. The van der Waals surface area contributed by atoms with Gasteiger partial charge in [-0.05, 0) is 26.2 Å². The lowest BCUT2D eigenvalue weighted by Crippen LogP contribution is -2.55. The zero-order valence-corrected chi connectivity index (χ0v) is 20.8. The number of rotatable bonds is 8. The molecule has 0 aromatic rings. The van der Waals surface area contributed by atoms with E-state index in [4.69, 9.17) is 0 Å². The van der Waals surface area contributed by atoms with Crippen molar-refractivity contribution in [1.29, 1.82) is 0 Å². The van der Waals surface area contributed by atoms with Crippen molar-refractivity contribution in [2.45, 2.75) is 68.5 Å². The van der Waals surface area contributed by atoms with Crippen molar-refractivity contribution in [1.82, 2.24) is 14.7 Å². The second-order valence-electron chi connectivity index (χ2n) is 9.69. The number of likely N-dealkylation sites (tertiary alicyclic amines) is 1. The highest BCUT2D eigenvalue weighted by atomic mass is 32.2. The highest BCUT2D eigenvalue weighted by Gasteiger charge is 2.70. The number of carbonyl (C=O) groups is 3. The van der Waals surface area contributed by atoms with Crippen LogP contribution in [0.5, 0.6) is 0 Å². The number of fused-ring (bicyclic) bond motifs is 2. The third-order valence-corrected chi connectivity index (χ3v) is 9.31. The minimum Gasteiger partial charge on any atom is -0.396 e. The van der Waals surface area contributed by atoms with Crippen molar-refractivity contribution < 1.29 is 19.5 Å². The third-order valence-electron chi connectivity index (χ3n) is 7.56. The molecule has 4 aliphatic heterocycles. The predicted molar refractivity (Wildman–Crippen MR) is 130 cm³/mol. The quantitative estimate of drug-likeness (QED) is 0.544. The van der Waals surface area contributed by atoms with Gasteiger partial charge >= 0.3 is 0 Å². The number of nitrogens with zero attached hydrogens (tertiary/aromatic N) is 3. The smallest absolute Gasteiger partial charge is 0.247 e. The molecule has 1 N–H and O–H groups in total. The summed E-state index contributed by atoms with van der Waals surface area (Å²) in [5, 5.41) is 9.36. The van der Waals surface area contributed by atoms with Crippen LogP contribution in [0.2, 0.25) is 0 Å². The van der Waals surface area contributed by atoms with Gasteiger partial charge < -0.3 is 19.8 Å². The van der Waals surface area contributed by atoms with Crippen LogP contribution in [-0.4, -0.2) is 92.4 Å². The van der Waals surface area contributed by atoms with Crippen LogP contribution in [0, 0.1) is 11.8 Å². The van der Waals surface area contributed by atoms with Crippen LogP contribution >= 0.6 is 11.8 Å². The first-order valence-electron chi connectivity index (χ1n) is 12.4. The van der Waals surface area contributed by atoms with E-state index in [9.17, 15) is 19.5 Å². The van der Waals surface area contributed by atoms with Crippen LogP contribution in [0.3, 0.4) is 0 Å². The van der Waals surface area contributed by atoms with Gasteiger partial charge in [0.25, 0.3) is 0 Å². The number of thioether (sulfide) groups is 1. The summed E-state index contributed by atoms with van der Waals surface area (Å²) in [5.74, 6) is -1.14. The van der Waals surface area contributed by atoms with Gasteiger partial charge in [0.2, 0.25) is 17.7 Å². The Balaban J connectivity index is 1.77. The molecule has 7 nitrogen and oxygen atoms in total. The summed E-state index contributed by atoms with van der Waals surface area (Å²) in [6.45, 7) is 8.28. The van der Waals surface area contributed by atoms with Gasteiger partial charge in [0.15, 0.2) is 0 Å². The summed E-state index contributed by atoms with van der Waals surface area (Å²) in [6.07, 6.45) is 11.4. The Bertz CT molecular complexity index is 846. The normalized spacial score (nSPS) is 34.3. The van der Waals surface area contributed by atoms with E-state index in [1.54, 1.807) is 16.7 Å². The fraction of sp³-hybridized carbons (Fsp3) is 0.720. The monoisotopic (exact) mass is 475 g/mol. The fourth-order valence-corrected chi connectivity index (χ4v) is 8.14. The first-order valence-corrected chi connectivity index (χ1v) is 13.3. The highest BCUT2D eigenvalue weighted by molar-refractivity contribution is 8.02. The van der Waals surface area contributed by atoms with Crippen molar-refractivity contribution >= 4 is 29.5 Å². The maximum absolute atomic E-state index is 14.0. The van der Waals surface area contributed by atoms with Crippen LogP contribution < -0.4 is 0 Å². The molecule has 1 spiro atoms. The molecule has 2 fully saturated rings. The Labute approximate surface area is 201 Å². The Kier molecular flexibility index (Phi) is 7.24. The van der Waals surface area contributed by atoms with Crippen molar-refractivity contribution in [3.05, 3.63) is 24.3 Å². The van der Waals surface area contributed by atoms with E-state index in [1.165, 1.54) is 0 Å². The van der Waals surface area contributed by atoms with Gasteiger partial charge in [0.1, 0.15) is 6.04 Å². The van der Waals surface area contributed by atoms with Gasteiger partial charge in [-0.3, -0.25) is 14.4 Å². The maximum atomic E-state index is 14.0. The number of aliphatic hydroxyl groups excluding tert-OH is 1. The summed E-state index contributed by atoms with van der Waals surface area (Å²) in [5.41, 5.74) is 0. The Hall–Kier alpha value is -1.80. The van der Waals surface area contributed by atoms with E-state index in [2.05, 4.69) is 32.9 Å². The molecule has 0 radical (unpaired) electrons. The molecule has 4 aliphatic rings. The molecule has 0 aliphatic carbocycles. The molecule has 0 saturated carbocycles. The number of aliphatic hydroxyl groups is 1. The van der Waals surface area contributed by atoms with Crippen LogP contribution in [0.15, 0.2) is 24.3 Å². The molecule has 6 atom stereocenters. The average molecular weight is 476 g/mol.